The van der Waals surface area contributed by atoms with E-state index in [2.05, 4.69) is 23.2 Å². The number of hydrogen-bond donors (Lipinski definition) is 0. The third-order valence-electron chi connectivity index (χ3n) is 1.56. The molecular formula is C8H19AlCl2. The minimum atomic E-state index is 0. The average Bonchev–Trinajstić information content (AvgIpc) is 1.89. The Labute approximate surface area is 91.8 Å². The molecule has 0 aliphatic carbocycles. The Balaban J connectivity index is -0.000000320. The molecule has 0 nitrogen and oxygen atoms in total. The van der Waals surface area contributed by atoms with Crippen molar-refractivity contribution in [2.24, 2.45) is 0 Å². The molecule has 0 unspecified atom stereocenters. The molecule has 3 heteroatoms. The smallest absolute Gasteiger partial charge is 0.118 e. The highest BCUT2D eigenvalue weighted by atomic mass is 35.5. The van der Waals surface area contributed by atoms with Crippen molar-refractivity contribution in [1.29, 1.82) is 0 Å². The van der Waals surface area contributed by atoms with Crippen LogP contribution in [-0.2, 0) is 0 Å². The van der Waals surface area contributed by atoms with E-state index in [1.54, 1.807) is 0 Å². The van der Waals surface area contributed by atoms with Crippen LogP contribution in [-0.4, -0.2) is 16.3 Å². The predicted molar refractivity (Wildman–Crippen MR) is 58.4 cm³/mol. The second kappa shape index (κ2) is 17.3. The van der Waals surface area contributed by atoms with E-state index in [9.17, 15) is 0 Å². The van der Waals surface area contributed by atoms with Crippen LogP contribution in [0.25, 0.3) is 0 Å². The molecule has 0 rings (SSSR count). The van der Waals surface area contributed by atoms with E-state index in [0.717, 1.165) is 0 Å². The van der Waals surface area contributed by atoms with Crippen molar-refractivity contribution in [2.75, 3.05) is 0 Å². The van der Waals surface area contributed by atoms with Gasteiger partial charge in [0.15, 0.2) is 0 Å². The van der Waals surface area contributed by atoms with E-state index in [1.807, 2.05) is 0 Å². The highest BCUT2D eigenvalue weighted by Crippen LogP contribution is 2.05. The van der Waals surface area contributed by atoms with Gasteiger partial charge in [0.05, 0.1) is 0 Å². The van der Waals surface area contributed by atoms with Crippen LogP contribution in [0.4, 0.5) is 0 Å². The highest BCUT2D eigenvalue weighted by Gasteiger charge is 1.85. The van der Waals surface area contributed by atoms with Crippen LogP contribution in [0.5, 0.6) is 0 Å². The fourth-order valence-corrected chi connectivity index (χ4v) is 1.21. The van der Waals surface area contributed by atoms with Crippen LogP contribution >= 0.6 is 24.8 Å². The molecule has 0 aromatic heterocycles. The number of rotatable bonds is 6. The zero-order valence-corrected chi connectivity index (χ0v) is 10.1. The highest BCUT2D eigenvalue weighted by molar-refractivity contribution is 6.08. The molecule has 0 spiro atoms. The second-order valence-corrected chi connectivity index (χ2v) is 3.13. The quantitative estimate of drug-likeness (QED) is 0.465. The maximum atomic E-state index is 2.78. The van der Waals surface area contributed by atoms with E-state index in [0.29, 0.717) is 0 Å². The molecule has 0 aliphatic heterocycles. The van der Waals surface area contributed by atoms with Gasteiger partial charge in [-0.25, -0.2) is 0 Å². The summed E-state index contributed by atoms with van der Waals surface area (Å²) in [5.74, 6) is 0. The largest absolute Gasteiger partial charge is 0.147 e. The minimum absolute atomic E-state index is 0. The van der Waals surface area contributed by atoms with E-state index in [-0.39, 0.29) is 24.8 Å². The fourth-order valence-electron chi connectivity index (χ4n) is 0.925. The molecule has 11 heavy (non-hydrogen) atoms. The molecule has 0 aromatic rings. The van der Waals surface area contributed by atoms with Gasteiger partial charge >= 0.3 is 0 Å². The van der Waals surface area contributed by atoms with Crippen molar-refractivity contribution >= 4 is 41.1 Å². The lowest BCUT2D eigenvalue weighted by atomic mass is 10.1. The Bertz CT molecular complexity index is 45.4. The van der Waals surface area contributed by atoms with Gasteiger partial charge in [-0.1, -0.05) is 45.4 Å². The van der Waals surface area contributed by atoms with Crippen LogP contribution < -0.4 is 0 Å². The van der Waals surface area contributed by atoms with Crippen LogP contribution in [0.15, 0.2) is 0 Å². The van der Waals surface area contributed by atoms with Gasteiger partial charge in [0.1, 0.15) is 16.3 Å². The number of unbranched alkanes of at least 4 members (excludes halogenated alkanes) is 5. The van der Waals surface area contributed by atoms with Crippen LogP contribution in [0.3, 0.4) is 0 Å². The van der Waals surface area contributed by atoms with E-state index >= 15 is 0 Å². The molecule has 0 amide bonds. The maximum absolute atomic E-state index is 2.78. The summed E-state index contributed by atoms with van der Waals surface area (Å²) in [5.41, 5.74) is 0. The molecule has 0 bridgehead atoms. The maximum Gasteiger partial charge on any atom is 0.118 e. The van der Waals surface area contributed by atoms with Crippen LogP contribution in [0.1, 0.15) is 45.4 Å². The van der Waals surface area contributed by atoms with Crippen LogP contribution in [0.2, 0.25) is 5.28 Å². The number of hydrogen-bond acceptors (Lipinski definition) is 0. The Morgan fingerprint density at radius 2 is 1.27 bits per heavy atom. The number of halogens is 2. The summed E-state index contributed by atoms with van der Waals surface area (Å²) in [4.78, 5) is 0. The summed E-state index contributed by atoms with van der Waals surface area (Å²) in [6.07, 6.45) is 8.51. The Hall–Kier alpha value is 1.11. The molecule has 0 fully saturated rings. The third-order valence-corrected chi connectivity index (χ3v) is 1.97. The fraction of sp³-hybridized carbons (Fsp3) is 1.00. The standard InChI is InChI=1S/C8H17.Al.2ClH/c1-3-5-7-8-6-4-2;;;/h1,3-8H2,2H3;;2*1H. The first kappa shape index (κ1) is 18.0. The summed E-state index contributed by atoms with van der Waals surface area (Å²) in [6.45, 7) is 2.26. The molecule has 0 aliphatic rings. The van der Waals surface area contributed by atoms with Crippen molar-refractivity contribution in [1.82, 2.24) is 0 Å². The van der Waals surface area contributed by atoms with Gasteiger partial charge in [-0.3, -0.25) is 0 Å². The molecule has 0 N–H and O–H groups in total. The van der Waals surface area contributed by atoms with Crippen LogP contribution in [0, 0.1) is 0 Å². The Morgan fingerprint density at radius 1 is 0.818 bits per heavy atom. The lowest BCUT2D eigenvalue weighted by Gasteiger charge is -1.96. The van der Waals surface area contributed by atoms with Gasteiger partial charge in [-0.15, -0.1) is 30.1 Å². The predicted octanol–water partition coefficient (Wildman–Crippen LogP) is 3.78. The molecule has 0 heterocycles. The van der Waals surface area contributed by atoms with Gasteiger partial charge in [0, 0.05) is 0 Å². The molecule has 0 saturated carbocycles. The van der Waals surface area contributed by atoms with E-state index < -0.39 is 0 Å². The second-order valence-electron chi connectivity index (χ2n) is 2.56. The molecule has 0 saturated heterocycles. The first-order chi connectivity index (χ1) is 4.41. The van der Waals surface area contributed by atoms with Gasteiger partial charge in [0.25, 0.3) is 0 Å². The van der Waals surface area contributed by atoms with Crippen molar-refractivity contribution in [3.63, 3.8) is 0 Å². The zero-order valence-electron chi connectivity index (χ0n) is 7.34. The summed E-state index contributed by atoms with van der Waals surface area (Å²) in [7, 11) is 0. The third kappa shape index (κ3) is 18.2. The normalized spacial score (nSPS) is 8.09. The SMILES string of the molecule is CCCCCCC[CH2][Al].Cl.Cl. The first-order valence-corrected chi connectivity index (χ1v) is 4.93. The summed E-state index contributed by atoms with van der Waals surface area (Å²) in [6, 6.07) is 0. The molecule has 0 aromatic carbocycles. The average molecular weight is 213 g/mol. The molecular weight excluding hydrogens is 194 g/mol. The van der Waals surface area contributed by atoms with Gasteiger partial charge < -0.3 is 0 Å². The van der Waals surface area contributed by atoms with E-state index in [1.165, 1.54) is 43.8 Å². The molecule has 0 atom stereocenters. The van der Waals surface area contributed by atoms with Crippen molar-refractivity contribution in [3.8, 4) is 0 Å². The molecule has 68 valence electrons. The lowest BCUT2D eigenvalue weighted by molar-refractivity contribution is 0.624. The Morgan fingerprint density at radius 3 is 1.73 bits per heavy atom. The van der Waals surface area contributed by atoms with E-state index in [4.69, 9.17) is 0 Å². The zero-order chi connectivity index (χ0) is 6.95. The summed E-state index contributed by atoms with van der Waals surface area (Å²) in [5, 5.41) is 1.28. The Kier molecular flexibility index (Phi) is 28.3. The van der Waals surface area contributed by atoms with Gasteiger partial charge in [-0.2, -0.15) is 0 Å². The van der Waals surface area contributed by atoms with Crippen molar-refractivity contribution < 1.29 is 0 Å². The monoisotopic (exact) mass is 212 g/mol. The first-order valence-electron chi connectivity index (χ1n) is 4.12. The van der Waals surface area contributed by atoms with Crippen molar-refractivity contribution in [2.45, 2.75) is 50.7 Å². The summed E-state index contributed by atoms with van der Waals surface area (Å²) >= 11 is 2.78. The lowest BCUT2D eigenvalue weighted by Crippen LogP contribution is -1.77. The molecule has 2 radical (unpaired) electrons. The summed E-state index contributed by atoms with van der Waals surface area (Å²) < 4.78 is 0. The van der Waals surface area contributed by atoms with Gasteiger partial charge in [0.2, 0.25) is 0 Å². The van der Waals surface area contributed by atoms with Gasteiger partial charge in [-0.05, 0) is 0 Å². The topological polar surface area (TPSA) is 0 Å². The van der Waals surface area contributed by atoms with Crippen molar-refractivity contribution in [3.05, 3.63) is 0 Å². The minimum Gasteiger partial charge on any atom is -0.147 e.